The van der Waals surface area contributed by atoms with Gasteiger partial charge in [-0.1, -0.05) is 6.42 Å². The molecule has 0 amide bonds. The zero-order chi connectivity index (χ0) is 8.67. The zero-order valence-electron chi connectivity index (χ0n) is 8.47. The Morgan fingerprint density at radius 1 is 1.08 bits per heavy atom. The van der Waals surface area contributed by atoms with Crippen molar-refractivity contribution in [2.24, 2.45) is 17.8 Å². The van der Waals surface area contributed by atoms with Crippen molar-refractivity contribution in [2.75, 3.05) is 6.54 Å². The summed E-state index contributed by atoms with van der Waals surface area (Å²) in [5.41, 5.74) is 0. The van der Waals surface area contributed by atoms with Crippen LogP contribution in [0.25, 0.3) is 0 Å². The van der Waals surface area contributed by atoms with E-state index in [1.165, 1.54) is 25.8 Å². The van der Waals surface area contributed by atoms with Crippen molar-refractivity contribution in [2.45, 2.75) is 51.0 Å². The van der Waals surface area contributed by atoms with Crippen LogP contribution in [0.4, 0.5) is 0 Å². The molecule has 1 heteroatoms. The van der Waals surface area contributed by atoms with Crippen molar-refractivity contribution in [3.63, 3.8) is 0 Å². The maximum atomic E-state index is 3.64. The van der Waals surface area contributed by atoms with Gasteiger partial charge in [0.15, 0.2) is 0 Å². The molecule has 0 radical (unpaired) electrons. The van der Waals surface area contributed by atoms with Gasteiger partial charge in [-0.25, -0.2) is 0 Å². The molecule has 3 aliphatic rings. The third-order valence-corrected chi connectivity index (χ3v) is 4.63. The summed E-state index contributed by atoms with van der Waals surface area (Å²) in [4.78, 5) is 0. The lowest BCUT2D eigenvalue weighted by Gasteiger charge is -2.24. The summed E-state index contributed by atoms with van der Waals surface area (Å²) >= 11 is 0. The van der Waals surface area contributed by atoms with Gasteiger partial charge in [0.2, 0.25) is 0 Å². The molecule has 2 saturated carbocycles. The van der Waals surface area contributed by atoms with E-state index in [1.807, 2.05) is 0 Å². The van der Waals surface area contributed by atoms with Crippen LogP contribution in [-0.4, -0.2) is 12.6 Å². The van der Waals surface area contributed by atoms with E-state index >= 15 is 0 Å². The van der Waals surface area contributed by atoms with E-state index in [4.69, 9.17) is 0 Å². The highest BCUT2D eigenvalue weighted by atomic mass is 14.9. The van der Waals surface area contributed by atoms with Gasteiger partial charge in [0.1, 0.15) is 0 Å². The normalized spacial score (nSPS) is 48.9. The Hall–Kier alpha value is -0.0400. The number of hydrogen-bond donors (Lipinski definition) is 1. The highest BCUT2D eigenvalue weighted by Gasteiger charge is 2.40. The van der Waals surface area contributed by atoms with Gasteiger partial charge in [0.05, 0.1) is 0 Å². The SMILES string of the molecule is C1CN[C@@H](C[C@@H]2C[C@H]3CC[C@H]2C3)C1. The lowest BCUT2D eigenvalue weighted by Crippen LogP contribution is -2.26. The molecule has 1 N–H and O–H groups in total. The predicted octanol–water partition coefficient (Wildman–Crippen LogP) is 2.56. The first-order valence-corrected chi connectivity index (χ1v) is 6.15. The minimum atomic E-state index is 0.893. The minimum Gasteiger partial charge on any atom is -0.314 e. The fourth-order valence-corrected chi connectivity index (χ4v) is 3.99. The molecule has 3 fully saturated rings. The molecule has 0 aromatic rings. The molecule has 0 unspecified atom stereocenters. The van der Waals surface area contributed by atoms with Crippen molar-refractivity contribution in [3.05, 3.63) is 0 Å². The summed E-state index contributed by atoms with van der Waals surface area (Å²) < 4.78 is 0. The molecule has 0 spiro atoms. The maximum Gasteiger partial charge on any atom is 0.00702 e. The second kappa shape index (κ2) is 3.27. The highest BCUT2D eigenvalue weighted by molar-refractivity contribution is 4.92. The number of fused-ring (bicyclic) bond motifs is 2. The summed E-state index contributed by atoms with van der Waals surface area (Å²) in [6.45, 7) is 1.28. The van der Waals surface area contributed by atoms with Gasteiger partial charge in [-0.05, 0) is 62.8 Å². The first-order valence-electron chi connectivity index (χ1n) is 6.15. The van der Waals surface area contributed by atoms with E-state index < -0.39 is 0 Å². The largest absolute Gasteiger partial charge is 0.314 e. The van der Waals surface area contributed by atoms with Crippen LogP contribution < -0.4 is 5.32 Å². The summed E-state index contributed by atoms with van der Waals surface area (Å²) in [6.07, 6.45) is 10.6. The molecule has 0 aromatic heterocycles. The van der Waals surface area contributed by atoms with Crippen molar-refractivity contribution >= 4 is 0 Å². The van der Waals surface area contributed by atoms with Crippen LogP contribution in [0.1, 0.15) is 44.9 Å². The average Bonchev–Trinajstić information content (AvgIpc) is 2.77. The van der Waals surface area contributed by atoms with Gasteiger partial charge in [-0.3, -0.25) is 0 Å². The standard InChI is InChI=1S/C12H21N/c1-2-12(13-5-1)8-11-7-9-3-4-10(11)6-9/h9-13H,1-8H2/t9-,10-,11-,12+/m0/s1. The molecule has 13 heavy (non-hydrogen) atoms. The van der Waals surface area contributed by atoms with Crippen LogP contribution in [0, 0.1) is 17.8 Å². The van der Waals surface area contributed by atoms with E-state index in [-0.39, 0.29) is 0 Å². The monoisotopic (exact) mass is 179 g/mol. The summed E-state index contributed by atoms with van der Waals surface area (Å²) in [6, 6.07) is 0.893. The minimum absolute atomic E-state index is 0.893. The molecule has 0 aromatic carbocycles. The molecule has 1 saturated heterocycles. The molecule has 1 heterocycles. The maximum absolute atomic E-state index is 3.64. The van der Waals surface area contributed by atoms with Crippen molar-refractivity contribution in [3.8, 4) is 0 Å². The van der Waals surface area contributed by atoms with Crippen molar-refractivity contribution in [1.29, 1.82) is 0 Å². The molecule has 2 bridgehead atoms. The first kappa shape index (κ1) is 8.28. The molecule has 4 atom stereocenters. The Labute approximate surface area is 81.3 Å². The van der Waals surface area contributed by atoms with Gasteiger partial charge in [-0.15, -0.1) is 0 Å². The van der Waals surface area contributed by atoms with Crippen LogP contribution in [-0.2, 0) is 0 Å². The number of nitrogens with one attached hydrogen (secondary N) is 1. The third kappa shape index (κ3) is 1.52. The topological polar surface area (TPSA) is 12.0 Å². The quantitative estimate of drug-likeness (QED) is 0.687. The highest BCUT2D eigenvalue weighted by Crippen LogP contribution is 2.50. The van der Waals surface area contributed by atoms with E-state index in [0.717, 1.165) is 23.8 Å². The second-order valence-corrected chi connectivity index (χ2v) is 5.46. The van der Waals surface area contributed by atoms with Crippen LogP contribution in [0.5, 0.6) is 0 Å². The van der Waals surface area contributed by atoms with Crippen LogP contribution in [0.15, 0.2) is 0 Å². The first-order chi connectivity index (χ1) is 6.42. The Morgan fingerprint density at radius 3 is 2.69 bits per heavy atom. The molecule has 1 aliphatic heterocycles. The smallest absolute Gasteiger partial charge is 0.00702 e. The lowest BCUT2D eigenvalue weighted by molar-refractivity contribution is 0.287. The summed E-state index contributed by atoms with van der Waals surface area (Å²) in [7, 11) is 0. The van der Waals surface area contributed by atoms with Gasteiger partial charge < -0.3 is 5.32 Å². The molecule has 2 aliphatic carbocycles. The fraction of sp³-hybridized carbons (Fsp3) is 1.00. The predicted molar refractivity (Wildman–Crippen MR) is 54.6 cm³/mol. The lowest BCUT2D eigenvalue weighted by atomic mass is 9.84. The second-order valence-electron chi connectivity index (χ2n) is 5.46. The fourth-order valence-electron chi connectivity index (χ4n) is 3.99. The Kier molecular flexibility index (Phi) is 2.08. The summed E-state index contributed by atoms with van der Waals surface area (Å²) in [5, 5.41) is 3.64. The van der Waals surface area contributed by atoms with Crippen LogP contribution in [0.3, 0.4) is 0 Å². The Morgan fingerprint density at radius 2 is 2.08 bits per heavy atom. The van der Waals surface area contributed by atoms with E-state index in [0.29, 0.717) is 0 Å². The molecule has 74 valence electrons. The van der Waals surface area contributed by atoms with Gasteiger partial charge >= 0.3 is 0 Å². The van der Waals surface area contributed by atoms with E-state index in [9.17, 15) is 0 Å². The number of rotatable bonds is 2. The Bertz CT molecular complexity index is 184. The molecular weight excluding hydrogens is 158 g/mol. The van der Waals surface area contributed by atoms with Crippen molar-refractivity contribution in [1.82, 2.24) is 5.32 Å². The molecule has 1 nitrogen and oxygen atoms in total. The van der Waals surface area contributed by atoms with Crippen LogP contribution in [0.2, 0.25) is 0 Å². The van der Waals surface area contributed by atoms with E-state index in [1.54, 1.807) is 25.7 Å². The van der Waals surface area contributed by atoms with Crippen molar-refractivity contribution < 1.29 is 0 Å². The third-order valence-electron chi connectivity index (χ3n) is 4.63. The van der Waals surface area contributed by atoms with Gasteiger partial charge in [0, 0.05) is 6.04 Å². The Balaban J connectivity index is 1.55. The zero-order valence-corrected chi connectivity index (χ0v) is 8.47. The van der Waals surface area contributed by atoms with E-state index in [2.05, 4.69) is 5.32 Å². The van der Waals surface area contributed by atoms with Crippen LogP contribution >= 0.6 is 0 Å². The van der Waals surface area contributed by atoms with Gasteiger partial charge in [0.25, 0.3) is 0 Å². The number of hydrogen-bond acceptors (Lipinski definition) is 1. The molecule has 3 rings (SSSR count). The average molecular weight is 179 g/mol. The summed E-state index contributed by atoms with van der Waals surface area (Å²) in [5.74, 6) is 3.37. The molecular formula is C12H21N. The van der Waals surface area contributed by atoms with Gasteiger partial charge in [-0.2, -0.15) is 0 Å².